The highest BCUT2D eigenvalue weighted by molar-refractivity contribution is 5.78. The molecule has 0 aromatic heterocycles. The van der Waals surface area contributed by atoms with Crippen molar-refractivity contribution in [1.82, 2.24) is 9.80 Å². The summed E-state index contributed by atoms with van der Waals surface area (Å²) in [6, 6.07) is 0.853. The Labute approximate surface area is 128 Å². The van der Waals surface area contributed by atoms with E-state index in [1.165, 1.54) is 0 Å². The van der Waals surface area contributed by atoms with Crippen molar-refractivity contribution in [3.05, 3.63) is 0 Å². The lowest BCUT2D eigenvalue weighted by Gasteiger charge is -2.40. The first-order chi connectivity index (χ1) is 9.97. The third kappa shape index (κ3) is 4.66. The average Bonchev–Trinajstić information content (AvgIpc) is 2.44. The van der Waals surface area contributed by atoms with Crippen LogP contribution in [0.25, 0.3) is 0 Å². The van der Waals surface area contributed by atoms with E-state index in [4.69, 9.17) is 9.47 Å². The molecule has 0 unspecified atom stereocenters. The van der Waals surface area contributed by atoms with E-state index in [1.807, 2.05) is 18.7 Å². The van der Waals surface area contributed by atoms with Crippen molar-refractivity contribution >= 4 is 5.91 Å². The van der Waals surface area contributed by atoms with Gasteiger partial charge in [0.2, 0.25) is 5.91 Å². The maximum absolute atomic E-state index is 12.6. The first-order valence-corrected chi connectivity index (χ1v) is 8.24. The van der Waals surface area contributed by atoms with Crippen LogP contribution in [0.4, 0.5) is 0 Å². The summed E-state index contributed by atoms with van der Waals surface area (Å²) < 4.78 is 11.2. The van der Waals surface area contributed by atoms with Crippen molar-refractivity contribution in [3.63, 3.8) is 0 Å². The number of ether oxygens (including phenoxy) is 2. The molecule has 0 spiro atoms. The minimum absolute atomic E-state index is 0.133. The Bertz CT molecular complexity index is 332. The summed E-state index contributed by atoms with van der Waals surface area (Å²) in [5, 5.41) is 0. The Morgan fingerprint density at radius 2 is 1.76 bits per heavy atom. The molecule has 2 fully saturated rings. The van der Waals surface area contributed by atoms with E-state index in [0.717, 1.165) is 26.1 Å². The van der Waals surface area contributed by atoms with E-state index in [9.17, 15) is 4.79 Å². The second-order valence-corrected chi connectivity index (χ2v) is 6.67. The highest BCUT2D eigenvalue weighted by atomic mass is 16.5. The van der Waals surface area contributed by atoms with Gasteiger partial charge in [-0.1, -0.05) is 0 Å². The summed E-state index contributed by atoms with van der Waals surface area (Å²) in [7, 11) is 0. The SMILES string of the molecule is CC(C)N(CC(=O)N1C[C@@H](C)O[C@@H](C)C1)C1CCOCC1. The summed E-state index contributed by atoms with van der Waals surface area (Å²) in [6.07, 6.45) is 2.32. The second kappa shape index (κ2) is 7.56. The molecule has 0 aliphatic carbocycles. The van der Waals surface area contributed by atoms with Crippen LogP contribution in [0.2, 0.25) is 0 Å². The molecule has 0 N–H and O–H groups in total. The number of rotatable bonds is 4. The Morgan fingerprint density at radius 1 is 1.19 bits per heavy atom. The molecule has 5 nitrogen and oxygen atoms in total. The lowest BCUT2D eigenvalue weighted by Crippen LogP contribution is -2.54. The Balaban J connectivity index is 1.94. The van der Waals surface area contributed by atoms with Crippen molar-refractivity contribution in [1.29, 1.82) is 0 Å². The van der Waals surface area contributed by atoms with Crippen molar-refractivity contribution in [2.45, 2.75) is 64.8 Å². The van der Waals surface area contributed by atoms with Gasteiger partial charge in [0.25, 0.3) is 0 Å². The predicted octanol–water partition coefficient (Wildman–Crippen LogP) is 1.51. The third-order valence-corrected chi connectivity index (χ3v) is 4.41. The molecule has 0 aromatic rings. The normalized spacial score (nSPS) is 28.4. The summed E-state index contributed by atoms with van der Waals surface area (Å²) in [4.78, 5) is 17.0. The topological polar surface area (TPSA) is 42.0 Å². The van der Waals surface area contributed by atoms with Crippen LogP contribution in [-0.4, -0.2) is 72.8 Å². The number of nitrogens with zero attached hydrogens (tertiary/aromatic N) is 2. The van der Waals surface area contributed by atoms with Gasteiger partial charge in [0.15, 0.2) is 0 Å². The van der Waals surface area contributed by atoms with Crippen LogP contribution in [0.3, 0.4) is 0 Å². The third-order valence-electron chi connectivity index (χ3n) is 4.41. The molecular formula is C16H30N2O3. The highest BCUT2D eigenvalue weighted by Crippen LogP contribution is 2.18. The molecule has 0 bridgehead atoms. The van der Waals surface area contributed by atoms with Gasteiger partial charge in [-0.15, -0.1) is 0 Å². The summed E-state index contributed by atoms with van der Waals surface area (Å²) in [5.41, 5.74) is 0. The fourth-order valence-electron chi connectivity index (χ4n) is 3.39. The van der Waals surface area contributed by atoms with Crippen LogP contribution in [-0.2, 0) is 14.3 Å². The van der Waals surface area contributed by atoms with Gasteiger partial charge in [-0.05, 0) is 40.5 Å². The zero-order chi connectivity index (χ0) is 15.4. The highest BCUT2D eigenvalue weighted by Gasteiger charge is 2.30. The fourth-order valence-corrected chi connectivity index (χ4v) is 3.39. The van der Waals surface area contributed by atoms with E-state index in [0.29, 0.717) is 31.7 Å². The molecule has 0 radical (unpaired) electrons. The number of hydrogen-bond donors (Lipinski definition) is 0. The van der Waals surface area contributed by atoms with Gasteiger partial charge in [-0.2, -0.15) is 0 Å². The minimum atomic E-state index is 0.133. The van der Waals surface area contributed by atoms with Crippen LogP contribution in [0.5, 0.6) is 0 Å². The molecule has 122 valence electrons. The van der Waals surface area contributed by atoms with E-state index in [2.05, 4.69) is 18.7 Å². The molecule has 2 heterocycles. The smallest absolute Gasteiger partial charge is 0.236 e. The molecular weight excluding hydrogens is 268 g/mol. The maximum Gasteiger partial charge on any atom is 0.236 e. The Morgan fingerprint density at radius 3 is 2.29 bits per heavy atom. The van der Waals surface area contributed by atoms with Crippen LogP contribution < -0.4 is 0 Å². The first kappa shape index (κ1) is 16.7. The van der Waals surface area contributed by atoms with Gasteiger partial charge in [-0.25, -0.2) is 0 Å². The molecule has 2 aliphatic rings. The van der Waals surface area contributed by atoms with Crippen LogP contribution in [0, 0.1) is 0 Å². The van der Waals surface area contributed by atoms with Gasteiger partial charge in [0, 0.05) is 38.4 Å². The fraction of sp³-hybridized carbons (Fsp3) is 0.938. The maximum atomic E-state index is 12.6. The first-order valence-electron chi connectivity index (χ1n) is 8.24. The number of hydrogen-bond acceptors (Lipinski definition) is 4. The monoisotopic (exact) mass is 298 g/mol. The quantitative estimate of drug-likeness (QED) is 0.789. The Hall–Kier alpha value is -0.650. The number of carbonyl (C=O) groups excluding carboxylic acids is 1. The number of amides is 1. The molecule has 5 heteroatoms. The molecule has 2 atom stereocenters. The van der Waals surface area contributed by atoms with Gasteiger partial charge >= 0.3 is 0 Å². The number of morpholine rings is 1. The van der Waals surface area contributed by atoms with Gasteiger partial charge < -0.3 is 14.4 Å². The van der Waals surface area contributed by atoms with Crippen LogP contribution in [0.15, 0.2) is 0 Å². The van der Waals surface area contributed by atoms with E-state index < -0.39 is 0 Å². The minimum Gasteiger partial charge on any atom is -0.381 e. The molecule has 2 rings (SSSR count). The zero-order valence-corrected chi connectivity index (χ0v) is 13.9. The Kier molecular flexibility index (Phi) is 6.02. The molecule has 0 saturated carbocycles. The molecule has 2 aliphatic heterocycles. The van der Waals surface area contributed by atoms with E-state index >= 15 is 0 Å². The summed E-state index contributed by atoms with van der Waals surface area (Å²) >= 11 is 0. The number of carbonyl (C=O) groups is 1. The van der Waals surface area contributed by atoms with Crippen LogP contribution >= 0.6 is 0 Å². The largest absolute Gasteiger partial charge is 0.381 e. The van der Waals surface area contributed by atoms with Crippen molar-refractivity contribution < 1.29 is 14.3 Å². The predicted molar refractivity (Wildman–Crippen MR) is 82.3 cm³/mol. The van der Waals surface area contributed by atoms with Crippen LogP contribution in [0.1, 0.15) is 40.5 Å². The van der Waals surface area contributed by atoms with E-state index in [1.54, 1.807) is 0 Å². The lowest BCUT2D eigenvalue weighted by atomic mass is 10.1. The lowest BCUT2D eigenvalue weighted by molar-refractivity contribution is -0.146. The van der Waals surface area contributed by atoms with Crippen molar-refractivity contribution in [2.75, 3.05) is 32.8 Å². The summed E-state index contributed by atoms with van der Waals surface area (Å²) in [6.45, 7) is 12.0. The second-order valence-electron chi connectivity index (χ2n) is 6.67. The van der Waals surface area contributed by atoms with Gasteiger partial charge in [0.05, 0.1) is 18.8 Å². The molecule has 2 saturated heterocycles. The van der Waals surface area contributed by atoms with Crippen molar-refractivity contribution in [2.24, 2.45) is 0 Å². The van der Waals surface area contributed by atoms with Gasteiger partial charge in [0.1, 0.15) is 0 Å². The molecule has 0 aromatic carbocycles. The molecule has 21 heavy (non-hydrogen) atoms. The van der Waals surface area contributed by atoms with Crippen molar-refractivity contribution in [3.8, 4) is 0 Å². The van der Waals surface area contributed by atoms with Gasteiger partial charge in [-0.3, -0.25) is 9.69 Å². The molecule has 1 amide bonds. The standard InChI is InChI=1S/C16H30N2O3/c1-12(2)18(15-5-7-20-8-6-15)11-16(19)17-9-13(3)21-14(4)10-17/h12-15H,5-11H2,1-4H3/t13-,14+. The zero-order valence-electron chi connectivity index (χ0n) is 13.9. The average molecular weight is 298 g/mol. The summed E-state index contributed by atoms with van der Waals surface area (Å²) in [5.74, 6) is 0.234. The van der Waals surface area contributed by atoms with E-state index in [-0.39, 0.29) is 18.1 Å².